The Balaban J connectivity index is 0.00000280. The van der Waals surface area contributed by atoms with Crippen LogP contribution in [0.25, 0.3) is 21.8 Å². The molecule has 0 saturated heterocycles. The van der Waals surface area contributed by atoms with E-state index in [1.807, 2.05) is 0 Å². The second kappa shape index (κ2) is 10.7. The predicted molar refractivity (Wildman–Crippen MR) is 162 cm³/mol. The number of nitrogens with one attached hydrogen (secondary N) is 1. The van der Waals surface area contributed by atoms with Gasteiger partial charge in [0.25, 0.3) is 0 Å². The molecule has 7 heteroatoms. The zero-order valence-corrected chi connectivity index (χ0v) is 25.9. The molecule has 202 valence electrons. The van der Waals surface area contributed by atoms with E-state index in [9.17, 15) is 0 Å². The third-order valence-corrected chi connectivity index (χ3v) is 9.98. The van der Waals surface area contributed by atoms with Crippen LogP contribution in [0.15, 0.2) is 45.3 Å². The predicted octanol–water partition coefficient (Wildman–Crippen LogP) is 8.11. The topological polar surface area (TPSA) is 35.4 Å². The van der Waals surface area contributed by atoms with Crippen molar-refractivity contribution in [1.82, 2.24) is 9.88 Å². The summed E-state index contributed by atoms with van der Waals surface area (Å²) in [6, 6.07) is 13.0. The molecule has 4 saturated carbocycles. The number of rotatable bonds is 10. The van der Waals surface area contributed by atoms with Crippen molar-refractivity contribution in [1.29, 1.82) is 0 Å². The van der Waals surface area contributed by atoms with Crippen LogP contribution in [0.3, 0.4) is 0 Å². The standard InChI is InChI=1S/C30H38Br2N2O2.ClH/c1-28-15-21-16-29(2,18-28)20-30(17-21,19-28)33-7-9-35-11-12-36-10-8-34-26-5-3-22(31)13-24(26)25-14-23(32)4-6-27(25)34;/h3-6,13-14,21,33H,7-12,15-20H2,1-2H3;1H. The number of benzene rings is 2. The zero-order valence-electron chi connectivity index (χ0n) is 22.0. The summed E-state index contributed by atoms with van der Waals surface area (Å²) in [6.45, 7) is 9.58. The normalized spacial score (nSPS) is 30.3. The van der Waals surface area contributed by atoms with Gasteiger partial charge in [-0.2, -0.15) is 0 Å². The second-order valence-electron chi connectivity index (χ2n) is 12.5. The van der Waals surface area contributed by atoms with Crippen molar-refractivity contribution in [2.75, 3.05) is 33.0 Å². The summed E-state index contributed by atoms with van der Waals surface area (Å²) in [5.74, 6) is 0.927. The lowest BCUT2D eigenvalue weighted by Gasteiger charge is -2.65. The first kappa shape index (κ1) is 27.9. The van der Waals surface area contributed by atoms with Crippen molar-refractivity contribution in [2.45, 2.75) is 64.5 Å². The summed E-state index contributed by atoms with van der Waals surface area (Å²) in [5.41, 5.74) is 3.95. The van der Waals surface area contributed by atoms with E-state index in [2.05, 4.69) is 92.0 Å². The largest absolute Gasteiger partial charge is 0.378 e. The van der Waals surface area contributed by atoms with Crippen LogP contribution < -0.4 is 5.32 Å². The maximum Gasteiger partial charge on any atom is 0.0701 e. The summed E-state index contributed by atoms with van der Waals surface area (Å²) in [5, 5.41) is 6.49. The molecular weight excluding hydrogens is 616 g/mol. The van der Waals surface area contributed by atoms with E-state index in [0.717, 1.165) is 34.6 Å². The van der Waals surface area contributed by atoms with Crippen LogP contribution >= 0.6 is 44.3 Å². The molecule has 1 heterocycles. The number of fused-ring (bicyclic) bond motifs is 3. The van der Waals surface area contributed by atoms with Crippen molar-refractivity contribution >= 4 is 66.1 Å². The van der Waals surface area contributed by atoms with E-state index in [0.29, 0.717) is 36.2 Å². The minimum absolute atomic E-state index is 0. The molecule has 4 nitrogen and oxygen atoms in total. The van der Waals surface area contributed by atoms with E-state index < -0.39 is 0 Å². The Bertz CT molecular complexity index is 1200. The molecule has 4 fully saturated rings. The first-order chi connectivity index (χ1) is 17.3. The molecule has 1 N–H and O–H groups in total. The van der Waals surface area contributed by atoms with E-state index in [1.165, 1.54) is 60.3 Å². The van der Waals surface area contributed by atoms with Crippen LogP contribution in [0.5, 0.6) is 0 Å². The number of aromatic nitrogens is 1. The maximum absolute atomic E-state index is 5.97. The number of hydrogen-bond acceptors (Lipinski definition) is 3. The molecule has 2 atom stereocenters. The second-order valence-corrected chi connectivity index (χ2v) is 14.4. The average molecular weight is 655 g/mol. The first-order valence-corrected chi connectivity index (χ1v) is 15.1. The number of halogens is 3. The molecule has 0 aliphatic heterocycles. The van der Waals surface area contributed by atoms with Crippen LogP contribution in [-0.4, -0.2) is 43.1 Å². The van der Waals surface area contributed by atoms with Gasteiger partial charge in [-0.25, -0.2) is 0 Å². The summed E-state index contributed by atoms with van der Waals surface area (Å²) in [7, 11) is 0. The van der Waals surface area contributed by atoms with Gasteiger partial charge in [0.1, 0.15) is 0 Å². The van der Waals surface area contributed by atoms with Gasteiger partial charge in [-0.1, -0.05) is 45.7 Å². The van der Waals surface area contributed by atoms with Gasteiger partial charge in [0.05, 0.1) is 26.4 Å². The van der Waals surface area contributed by atoms with E-state index >= 15 is 0 Å². The third-order valence-electron chi connectivity index (χ3n) is 8.99. The molecule has 0 amide bonds. The molecule has 37 heavy (non-hydrogen) atoms. The van der Waals surface area contributed by atoms with Crippen molar-refractivity contribution < 1.29 is 9.47 Å². The first-order valence-electron chi connectivity index (χ1n) is 13.5. The van der Waals surface area contributed by atoms with Crippen molar-refractivity contribution in [2.24, 2.45) is 16.7 Å². The minimum atomic E-state index is 0. The van der Waals surface area contributed by atoms with Crippen LogP contribution in [0.1, 0.15) is 52.4 Å². The monoisotopic (exact) mass is 652 g/mol. The quantitative estimate of drug-likeness (QED) is 0.225. The van der Waals surface area contributed by atoms with Crippen LogP contribution in [0, 0.1) is 16.7 Å². The minimum Gasteiger partial charge on any atom is -0.378 e. The van der Waals surface area contributed by atoms with E-state index in [-0.39, 0.29) is 12.4 Å². The Hall–Kier alpha value is -0.630. The van der Waals surface area contributed by atoms with Gasteiger partial charge in [0.15, 0.2) is 0 Å². The molecule has 3 aromatic rings. The number of nitrogens with zero attached hydrogens (tertiary/aromatic N) is 1. The van der Waals surface area contributed by atoms with Gasteiger partial charge >= 0.3 is 0 Å². The molecular formula is C30H39Br2ClN2O2. The Kier molecular flexibility index (Phi) is 8.10. The van der Waals surface area contributed by atoms with Gasteiger partial charge in [0, 0.05) is 49.4 Å². The van der Waals surface area contributed by atoms with Gasteiger partial charge in [-0.15, -0.1) is 12.4 Å². The lowest BCUT2D eigenvalue weighted by Crippen LogP contribution is -2.64. The Morgan fingerprint density at radius 3 is 1.95 bits per heavy atom. The molecule has 2 aromatic carbocycles. The molecule has 0 spiro atoms. The molecule has 2 unspecified atom stereocenters. The number of hydrogen-bond donors (Lipinski definition) is 1. The molecule has 4 aliphatic rings. The van der Waals surface area contributed by atoms with Gasteiger partial charge in [-0.05, 0) is 91.7 Å². The molecule has 4 aliphatic carbocycles. The molecule has 4 bridgehead atoms. The van der Waals surface area contributed by atoms with E-state index in [4.69, 9.17) is 9.47 Å². The third kappa shape index (κ3) is 5.67. The summed E-state index contributed by atoms with van der Waals surface area (Å²) in [6.07, 6.45) is 8.40. The van der Waals surface area contributed by atoms with Crippen molar-refractivity contribution in [3.63, 3.8) is 0 Å². The molecule has 7 rings (SSSR count). The highest BCUT2D eigenvalue weighted by Gasteiger charge is 2.59. The Labute approximate surface area is 243 Å². The van der Waals surface area contributed by atoms with Crippen molar-refractivity contribution in [3.05, 3.63) is 45.3 Å². The summed E-state index contributed by atoms with van der Waals surface area (Å²) >= 11 is 7.25. The number of ether oxygens (including phenoxy) is 2. The molecule has 0 radical (unpaired) electrons. The van der Waals surface area contributed by atoms with Gasteiger partial charge in [-0.3, -0.25) is 0 Å². The fourth-order valence-electron chi connectivity index (χ4n) is 8.80. The fraction of sp³-hybridized carbons (Fsp3) is 0.600. The van der Waals surface area contributed by atoms with Gasteiger partial charge < -0.3 is 19.4 Å². The maximum atomic E-state index is 5.97. The Morgan fingerprint density at radius 1 is 0.811 bits per heavy atom. The van der Waals surface area contributed by atoms with Gasteiger partial charge in [0.2, 0.25) is 0 Å². The fourth-order valence-corrected chi connectivity index (χ4v) is 9.52. The molecule has 1 aromatic heterocycles. The van der Waals surface area contributed by atoms with Crippen molar-refractivity contribution in [3.8, 4) is 0 Å². The van der Waals surface area contributed by atoms with Crippen LogP contribution in [-0.2, 0) is 16.0 Å². The van der Waals surface area contributed by atoms with Crippen LogP contribution in [0.4, 0.5) is 0 Å². The lowest BCUT2D eigenvalue weighted by atomic mass is 9.43. The SMILES string of the molecule is CC12CC3CC(C)(C1)CC(NCCOCCOCCn1c4ccc(Br)cc4c4cc(Br)ccc41)(C3)C2.Cl. The smallest absolute Gasteiger partial charge is 0.0701 e. The highest BCUT2D eigenvalue weighted by atomic mass is 79.9. The highest BCUT2D eigenvalue weighted by molar-refractivity contribution is 9.10. The summed E-state index contributed by atoms with van der Waals surface area (Å²) < 4.78 is 16.5. The highest BCUT2D eigenvalue weighted by Crippen LogP contribution is 2.66. The zero-order chi connectivity index (χ0) is 25.0. The Morgan fingerprint density at radius 2 is 1.38 bits per heavy atom. The average Bonchev–Trinajstić information content (AvgIpc) is 3.07. The summed E-state index contributed by atoms with van der Waals surface area (Å²) in [4.78, 5) is 0. The lowest BCUT2D eigenvalue weighted by molar-refractivity contribution is -0.118. The van der Waals surface area contributed by atoms with E-state index in [1.54, 1.807) is 0 Å². The van der Waals surface area contributed by atoms with Crippen LogP contribution in [0.2, 0.25) is 0 Å².